The summed E-state index contributed by atoms with van der Waals surface area (Å²) in [5, 5.41) is 11.2. The van der Waals surface area contributed by atoms with Crippen LogP contribution in [0.3, 0.4) is 0 Å². The molecular formula is C28H18N2Se2. The molecule has 152 valence electrons. The van der Waals surface area contributed by atoms with Crippen LogP contribution in [0.1, 0.15) is 0 Å². The van der Waals surface area contributed by atoms with E-state index in [1.807, 2.05) is 0 Å². The van der Waals surface area contributed by atoms with Crippen molar-refractivity contribution in [3.05, 3.63) is 73.1 Å². The van der Waals surface area contributed by atoms with Crippen molar-refractivity contribution in [1.29, 1.82) is 0 Å². The molecule has 4 heterocycles. The molecule has 4 aromatic carbocycles. The first-order chi connectivity index (χ1) is 15.6. The molecule has 8 aromatic rings. The van der Waals surface area contributed by atoms with E-state index in [4.69, 9.17) is 0 Å². The van der Waals surface area contributed by atoms with Gasteiger partial charge in [0.2, 0.25) is 0 Å². The van der Waals surface area contributed by atoms with E-state index in [1.54, 1.807) is 17.0 Å². The van der Waals surface area contributed by atoms with Crippen molar-refractivity contribution >= 4 is 100 Å². The van der Waals surface area contributed by atoms with Crippen molar-refractivity contribution < 1.29 is 0 Å². The average Bonchev–Trinajstić information content (AvgIpc) is 3.52. The molecule has 0 saturated carbocycles. The van der Waals surface area contributed by atoms with Gasteiger partial charge < -0.3 is 0 Å². The van der Waals surface area contributed by atoms with E-state index in [0.29, 0.717) is 29.0 Å². The third kappa shape index (κ3) is 2.26. The van der Waals surface area contributed by atoms with E-state index in [2.05, 4.69) is 96.3 Å². The van der Waals surface area contributed by atoms with Crippen molar-refractivity contribution in [2.24, 2.45) is 14.1 Å². The number of hydrogen-bond acceptors (Lipinski definition) is 0. The van der Waals surface area contributed by atoms with Crippen LogP contribution in [0.25, 0.3) is 71.2 Å². The van der Waals surface area contributed by atoms with Crippen molar-refractivity contribution in [3.63, 3.8) is 0 Å². The molecule has 32 heavy (non-hydrogen) atoms. The molecule has 0 saturated heterocycles. The zero-order chi connectivity index (χ0) is 21.1. The van der Waals surface area contributed by atoms with E-state index in [1.165, 1.54) is 54.1 Å². The van der Waals surface area contributed by atoms with Gasteiger partial charge in [-0.1, -0.05) is 0 Å². The molecule has 0 atom stereocenters. The zero-order valence-electron chi connectivity index (χ0n) is 17.6. The molecule has 2 nitrogen and oxygen atoms in total. The number of benzene rings is 4. The van der Waals surface area contributed by atoms with Crippen LogP contribution in [0, 0.1) is 0 Å². The van der Waals surface area contributed by atoms with Gasteiger partial charge in [-0.15, -0.1) is 0 Å². The Morgan fingerprint density at radius 3 is 1.41 bits per heavy atom. The topological polar surface area (TPSA) is 9.86 Å². The molecule has 0 amide bonds. The Kier molecular flexibility index (Phi) is 3.32. The van der Waals surface area contributed by atoms with Crippen LogP contribution < -0.4 is 0 Å². The van der Waals surface area contributed by atoms with Gasteiger partial charge in [-0.25, -0.2) is 0 Å². The SMILES string of the molecule is Cn1ccc2cc3cc4[se]c5c6cc7cc8c(ccn8C)cc7cc6[se]c5c4cc3cc21. The van der Waals surface area contributed by atoms with Gasteiger partial charge in [-0.3, -0.25) is 0 Å². The summed E-state index contributed by atoms with van der Waals surface area (Å²) in [6.07, 6.45) is 4.32. The molecule has 4 aromatic heterocycles. The van der Waals surface area contributed by atoms with Gasteiger partial charge in [0.15, 0.2) is 0 Å². The Bertz CT molecular complexity index is 1910. The second-order valence-electron chi connectivity index (χ2n) is 8.93. The van der Waals surface area contributed by atoms with Gasteiger partial charge in [0.1, 0.15) is 0 Å². The summed E-state index contributed by atoms with van der Waals surface area (Å²) in [7, 11) is 4.27. The molecule has 0 aliphatic heterocycles. The van der Waals surface area contributed by atoms with Crippen molar-refractivity contribution in [2.75, 3.05) is 0 Å². The number of aryl methyl sites for hydroxylation is 2. The second kappa shape index (κ2) is 5.98. The number of nitrogens with zero attached hydrogens (tertiary/aromatic N) is 2. The third-order valence-corrected chi connectivity index (χ3v) is 12.6. The number of hydrogen-bond donors (Lipinski definition) is 0. The first-order valence-electron chi connectivity index (χ1n) is 10.8. The Hall–Kier alpha value is -2.74. The van der Waals surface area contributed by atoms with E-state index in [9.17, 15) is 0 Å². The van der Waals surface area contributed by atoms with Gasteiger partial charge in [0.25, 0.3) is 0 Å². The first kappa shape index (κ1) is 17.8. The monoisotopic (exact) mass is 542 g/mol. The van der Waals surface area contributed by atoms with E-state index < -0.39 is 0 Å². The maximum absolute atomic E-state index is 2.48. The van der Waals surface area contributed by atoms with Gasteiger partial charge in [-0.05, 0) is 0 Å². The molecule has 0 aliphatic carbocycles. The fourth-order valence-electron chi connectivity index (χ4n) is 5.28. The average molecular weight is 540 g/mol. The Morgan fingerprint density at radius 1 is 0.500 bits per heavy atom. The fourth-order valence-corrected chi connectivity index (χ4v) is 11.7. The molecular weight excluding hydrogens is 522 g/mol. The molecule has 0 bridgehead atoms. The second-order valence-corrected chi connectivity index (χ2v) is 13.3. The van der Waals surface area contributed by atoms with Crippen molar-refractivity contribution in [2.45, 2.75) is 0 Å². The van der Waals surface area contributed by atoms with Gasteiger partial charge in [-0.2, -0.15) is 0 Å². The summed E-state index contributed by atoms with van der Waals surface area (Å²) in [5.74, 6) is 0. The predicted octanol–water partition coefficient (Wildman–Crippen LogP) is 6.55. The Labute approximate surface area is 195 Å². The van der Waals surface area contributed by atoms with Crippen LogP contribution in [0.4, 0.5) is 0 Å². The molecule has 8 rings (SSSR count). The minimum atomic E-state index is 0.389. The standard InChI is InChI=1S/C28H18N2Se2/c1-29-5-3-15-7-17-13-25-21(9-19(17)11-23(15)29)27-28(31-25)22-10-20-12-24-16(4-6-30(24)2)8-18(20)14-26(22)32-27/h3-14H,1-2H3. The summed E-state index contributed by atoms with van der Waals surface area (Å²) >= 11 is 0.778. The molecule has 0 fully saturated rings. The van der Waals surface area contributed by atoms with Crippen LogP contribution in [0.5, 0.6) is 0 Å². The quantitative estimate of drug-likeness (QED) is 0.193. The van der Waals surface area contributed by atoms with Gasteiger partial charge in [0, 0.05) is 0 Å². The van der Waals surface area contributed by atoms with E-state index in [0.717, 1.165) is 0 Å². The number of fused-ring (bicyclic) bond motifs is 9. The molecule has 4 heteroatoms. The Balaban J connectivity index is 1.47. The summed E-state index contributed by atoms with van der Waals surface area (Å²) < 4.78 is 10.8. The summed E-state index contributed by atoms with van der Waals surface area (Å²) in [6.45, 7) is 0. The first-order valence-corrected chi connectivity index (χ1v) is 14.2. The maximum atomic E-state index is 2.48. The van der Waals surface area contributed by atoms with E-state index >= 15 is 0 Å². The van der Waals surface area contributed by atoms with Gasteiger partial charge in [0.05, 0.1) is 0 Å². The summed E-state index contributed by atoms with van der Waals surface area (Å²) in [4.78, 5) is 0. The van der Waals surface area contributed by atoms with Crippen LogP contribution >= 0.6 is 0 Å². The minimum absolute atomic E-state index is 0.389. The predicted molar refractivity (Wildman–Crippen MR) is 141 cm³/mol. The van der Waals surface area contributed by atoms with Gasteiger partial charge >= 0.3 is 196 Å². The number of aromatic nitrogens is 2. The molecule has 0 unspecified atom stereocenters. The van der Waals surface area contributed by atoms with Crippen LogP contribution in [-0.4, -0.2) is 38.1 Å². The fraction of sp³-hybridized carbons (Fsp3) is 0.0714. The third-order valence-electron chi connectivity index (χ3n) is 7.00. The van der Waals surface area contributed by atoms with Crippen molar-refractivity contribution in [1.82, 2.24) is 9.13 Å². The molecule has 0 radical (unpaired) electrons. The Morgan fingerprint density at radius 2 is 0.938 bits per heavy atom. The number of rotatable bonds is 0. The molecule has 0 spiro atoms. The van der Waals surface area contributed by atoms with Crippen LogP contribution in [-0.2, 0) is 14.1 Å². The van der Waals surface area contributed by atoms with Crippen LogP contribution in [0.15, 0.2) is 73.1 Å². The molecule has 0 aliphatic rings. The normalized spacial score (nSPS) is 12.7. The summed E-state index contributed by atoms with van der Waals surface area (Å²) in [5.41, 5.74) is 2.63. The zero-order valence-corrected chi connectivity index (χ0v) is 21.1. The molecule has 0 N–H and O–H groups in total. The summed E-state index contributed by atoms with van der Waals surface area (Å²) in [6, 6.07) is 23.8. The van der Waals surface area contributed by atoms with Crippen LogP contribution in [0.2, 0.25) is 0 Å². The van der Waals surface area contributed by atoms with Crippen molar-refractivity contribution in [3.8, 4) is 0 Å². The van der Waals surface area contributed by atoms with E-state index in [-0.39, 0.29) is 0 Å².